The molecule has 0 bridgehead atoms. The fourth-order valence-corrected chi connectivity index (χ4v) is 4.37. The zero-order chi connectivity index (χ0) is 24.1. The monoisotopic (exact) mass is 466 g/mol. The van der Waals surface area contributed by atoms with Crippen LogP contribution < -0.4 is 14.8 Å². The molecule has 2 aromatic rings. The molecule has 7 nitrogen and oxygen atoms in total. The van der Waals surface area contributed by atoms with Crippen LogP contribution in [0.2, 0.25) is 0 Å². The third kappa shape index (κ3) is 5.64. The summed E-state index contributed by atoms with van der Waals surface area (Å²) in [6.45, 7) is 9.38. The van der Waals surface area contributed by atoms with E-state index in [1.165, 1.54) is 7.11 Å². The predicted molar refractivity (Wildman–Crippen MR) is 131 cm³/mol. The lowest BCUT2D eigenvalue weighted by Crippen LogP contribution is -2.36. The number of anilines is 1. The van der Waals surface area contributed by atoms with Crippen molar-refractivity contribution in [3.63, 3.8) is 0 Å². The van der Waals surface area contributed by atoms with Crippen LogP contribution in [0.25, 0.3) is 6.08 Å². The lowest BCUT2D eigenvalue weighted by molar-refractivity contribution is -0.127. The van der Waals surface area contributed by atoms with Gasteiger partial charge in [-0.2, -0.15) is 0 Å². The maximum Gasteiger partial charge on any atom is 0.294 e. The van der Waals surface area contributed by atoms with E-state index in [1.807, 2.05) is 32.9 Å². The Morgan fingerprint density at radius 3 is 2.45 bits per heavy atom. The van der Waals surface area contributed by atoms with Gasteiger partial charge in [0, 0.05) is 5.69 Å². The number of aryl methyl sites for hydroxylation is 3. The van der Waals surface area contributed by atoms with Gasteiger partial charge in [-0.3, -0.25) is 19.3 Å². The van der Waals surface area contributed by atoms with Gasteiger partial charge in [0.1, 0.15) is 13.2 Å². The van der Waals surface area contributed by atoms with Gasteiger partial charge in [-0.25, -0.2) is 0 Å². The van der Waals surface area contributed by atoms with Crippen molar-refractivity contribution in [1.82, 2.24) is 4.90 Å². The second-order valence-electron chi connectivity index (χ2n) is 7.60. The third-order valence-electron chi connectivity index (χ3n) is 4.96. The quantitative estimate of drug-likeness (QED) is 0.442. The molecule has 172 valence electrons. The number of imide groups is 1. The summed E-state index contributed by atoms with van der Waals surface area (Å²) in [6, 6.07) is 9.12. The van der Waals surface area contributed by atoms with Crippen LogP contribution in [0.5, 0.6) is 11.5 Å². The second-order valence-corrected chi connectivity index (χ2v) is 8.59. The molecule has 1 saturated heterocycles. The average Bonchev–Trinajstić information content (AvgIpc) is 3.02. The Bertz CT molecular complexity index is 1130. The van der Waals surface area contributed by atoms with E-state index in [-0.39, 0.29) is 11.4 Å². The highest BCUT2D eigenvalue weighted by molar-refractivity contribution is 8.18. The Morgan fingerprint density at radius 2 is 1.82 bits per heavy atom. The highest BCUT2D eigenvalue weighted by Crippen LogP contribution is 2.34. The number of amides is 3. The first-order chi connectivity index (χ1) is 15.7. The van der Waals surface area contributed by atoms with Crippen LogP contribution in [0.3, 0.4) is 0 Å². The van der Waals surface area contributed by atoms with E-state index >= 15 is 0 Å². The third-order valence-corrected chi connectivity index (χ3v) is 5.87. The molecule has 3 amide bonds. The van der Waals surface area contributed by atoms with Gasteiger partial charge in [0.25, 0.3) is 11.1 Å². The standard InChI is InChI=1S/C25H26N2O5S/c1-6-9-32-19-8-7-18(12-20(19)31-5)13-21-24(29)27(25(30)33-21)14-22(28)26-23-16(3)10-15(2)11-17(23)4/h6-8,10-13H,1,9,14H2,2-5H3,(H,26,28)/b21-13+. The molecule has 0 unspecified atom stereocenters. The first-order valence-electron chi connectivity index (χ1n) is 10.3. The second kappa shape index (κ2) is 10.4. The lowest BCUT2D eigenvalue weighted by atomic mass is 10.1. The summed E-state index contributed by atoms with van der Waals surface area (Å²) in [5.74, 6) is 0.0940. The number of hydrogen-bond donors (Lipinski definition) is 1. The normalized spacial score (nSPS) is 14.5. The van der Waals surface area contributed by atoms with Gasteiger partial charge in [0.05, 0.1) is 12.0 Å². The number of ether oxygens (including phenoxy) is 2. The molecule has 0 radical (unpaired) electrons. The number of methoxy groups -OCH3 is 1. The number of carbonyl (C=O) groups excluding carboxylic acids is 3. The molecule has 1 aliphatic rings. The van der Waals surface area contributed by atoms with Crippen LogP contribution >= 0.6 is 11.8 Å². The Kier molecular flexibility index (Phi) is 7.60. The molecular weight excluding hydrogens is 440 g/mol. The molecular formula is C25H26N2O5S. The summed E-state index contributed by atoms with van der Waals surface area (Å²) in [4.78, 5) is 39.0. The van der Waals surface area contributed by atoms with Crippen molar-refractivity contribution in [3.8, 4) is 11.5 Å². The molecule has 0 saturated carbocycles. The van der Waals surface area contributed by atoms with E-state index in [2.05, 4.69) is 11.9 Å². The summed E-state index contributed by atoms with van der Waals surface area (Å²) in [7, 11) is 1.52. The van der Waals surface area contributed by atoms with E-state index in [9.17, 15) is 14.4 Å². The minimum absolute atomic E-state index is 0.234. The van der Waals surface area contributed by atoms with Crippen molar-refractivity contribution in [2.75, 3.05) is 25.6 Å². The summed E-state index contributed by atoms with van der Waals surface area (Å²) in [6.07, 6.45) is 3.22. The van der Waals surface area contributed by atoms with Crippen molar-refractivity contribution in [2.45, 2.75) is 20.8 Å². The van der Waals surface area contributed by atoms with Crippen LogP contribution in [0.4, 0.5) is 10.5 Å². The number of nitrogens with zero attached hydrogens (tertiary/aromatic N) is 1. The van der Waals surface area contributed by atoms with E-state index in [0.717, 1.165) is 33.4 Å². The molecule has 1 N–H and O–H groups in total. The molecule has 0 aliphatic carbocycles. The van der Waals surface area contributed by atoms with Gasteiger partial charge < -0.3 is 14.8 Å². The maximum atomic E-state index is 12.8. The Balaban J connectivity index is 1.73. The van der Waals surface area contributed by atoms with Crippen molar-refractivity contribution in [1.29, 1.82) is 0 Å². The van der Waals surface area contributed by atoms with Crippen molar-refractivity contribution in [3.05, 3.63) is 70.1 Å². The summed E-state index contributed by atoms with van der Waals surface area (Å²) < 4.78 is 10.9. The Hall–Kier alpha value is -3.52. The average molecular weight is 467 g/mol. The highest BCUT2D eigenvalue weighted by atomic mass is 32.2. The minimum Gasteiger partial charge on any atom is -0.493 e. The lowest BCUT2D eigenvalue weighted by Gasteiger charge is -2.16. The fraction of sp³-hybridized carbons (Fsp3) is 0.240. The number of rotatable bonds is 8. The number of thioether (sulfide) groups is 1. The SMILES string of the molecule is C=CCOc1ccc(/C=C2/SC(=O)N(CC(=O)Nc3c(C)cc(C)cc3C)C2=O)cc1OC. The summed E-state index contributed by atoms with van der Waals surface area (Å²) in [5.41, 5.74) is 4.29. The molecule has 2 aromatic carbocycles. The molecule has 1 aliphatic heterocycles. The smallest absolute Gasteiger partial charge is 0.294 e. The highest BCUT2D eigenvalue weighted by Gasteiger charge is 2.36. The van der Waals surface area contributed by atoms with E-state index < -0.39 is 17.1 Å². The van der Waals surface area contributed by atoms with Crippen LogP contribution in [0.1, 0.15) is 22.3 Å². The molecule has 3 rings (SSSR count). The number of hydrogen-bond acceptors (Lipinski definition) is 6. The first-order valence-corrected chi connectivity index (χ1v) is 11.1. The van der Waals surface area contributed by atoms with Crippen molar-refractivity contribution in [2.24, 2.45) is 0 Å². The Labute approximate surface area is 197 Å². The van der Waals surface area contributed by atoms with Crippen molar-refractivity contribution >= 4 is 40.6 Å². The molecule has 33 heavy (non-hydrogen) atoms. The zero-order valence-electron chi connectivity index (χ0n) is 19.1. The zero-order valence-corrected chi connectivity index (χ0v) is 19.9. The molecule has 8 heteroatoms. The van der Waals surface area contributed by atoms with E-state index in [1.54, 1.807) is 30.4 Å². The first kappa shape index (κ1) is 24.1. The van der Waals surface area contributed by atoms with Gasteiger partial charge in [-0.1, -0.05) is 36.4 Å². The predicted octanol–water partition coefficient (Wildman–Crippen LogP) is 4.86. The number of nitrogens with one attached hydrogen (secondary N) is 1. The Morgan fingerprint density at radius 1 is 1.12 bits per heavy atom. The van der Waals surface area contributed by atoms with Crippen LogP contribution in [0, 0.1) is 20.8 Å². The fourth-order valence-electron chi connectivity index (χ4n) is 3.53. The molecule has 0 spiro atoms. The van der Waals surface area contributed by atoms with Crippen LogP contribution in [-0.2, 0) is 9.59 Å². The van der Waals surface area contributed by atoms with Gasteiger partial charge in [0.2, 0.25) is 5.91 Å². The minimum atomic E-state index is -0.511. The van der Waals surface area contributed by atoms with Crippen molar-refractivity contribution < 1.29 is 23.9 Å². The number of carbonyl (C=O) groups is 3. The largest absolute Gasteiger partial charge is 0.493 e. The van der Waals surface area contributed by atoms with Gasteiger partial charge >= 0.3 is 0 Å². The molecule has 1 fully saturated rings. The van der Waals surface area contributed by atoms with E-state index in [0.29, 0.717) is 29.4 Å². The van der Waals surface area contributed by atoms with Gasteiger partial charge in [0.15, 0.2) is 11.5 Å². The molecule has 1 heterocycles. The van der Waals surface area contributed by atoms with Gasteiger partial charge in [-0.15, -0.1) is 0 Å². The molecule has 0 atom stereocenters. The molecule has 0 aromatic heterocycles. The summed E-state index contributed by atoms with van der Waals surface area (Å²) in [5, 5.41) is 2.34. The van der Waals surface area contributed by atoms with Gasteiger partial charge in [-0.05, 0) is 67.4 Å². The maximum absolute atomic E-state index is 12.8. The topological polar surface area (TPSA) is 84.9 Å². The number of benzene rings is 2. The summed E-state index contributed by atoms with van der Waals surface area (Å²) >= 11 is 0.798. The van der Waals surface area contributed by atoms with E-state index in [4.69, 9.17) is 9.47 Å². The van der Waals surface area contributed by atoms with Crippen LogP contribution in [0.15, 0.2) is 47.9 Å². The van der Waals surface area contributed by atoms with Crippen LogP contribution in [-0.4, -0.2) is 42.2 Å².